The van der Waals surface area contributed by atoms with E-state index in [0.29, 0.717) is 30.9 Å². The summed E-state index contributed by atoms with van der Waals surface area (Å²) in [7, 11) is 0. The molecular weight excluding hydrogens is 500 g/mol. The normalized spacial score (nSPS) is 11.5. The van der Waals surface area contributed by atoms with Crippen molar-refractivity contribution in [1.29, 1.82) is 0 Å². The van der Waals surface area contributed by atoms with Gasteiger partial charge in [-0.25, -0.2) is 9.78 Å². The second-order valence-electron chi connectivity index (χ2n) is 11.0. The molecule has 5 aromatic rings. The van der Waals surface area contributed by atoms with Crippen molar-refractivity contribution in [2.45, 2.75) is 46.0 Å². The van der Waals surface area contributed by atoms with E-state index in [2.05, 4.69) is 37.9 Å². The van der Waals surface area contributed by atoms with Gasteiger partial charge in [-0.15, -0.1) is 0 Å². The van der Waals surface area contributed by atoms with E-state index in [1.807, 2.05) is 84.4 Å². The first-order chi connectivity index (χ1) is 19.2. The van der Waals surface area contributed by atoms with Crippen molar-refractivity contribution in [1.82, 2.24) is 9.55 Å². The summed E-state index contributed by atoms with van der Waals surface area (Å²) in [6.45, 7) is 8.89. The second kappa shape index (κ2) is 11.3. The van der Waals surface area contributed by atoms with E-state index in [1.54, 1.807) is 6.20 Å². The summed E-state index contributed by atoms with van der Waals surface area (Å²) in [4.78, 5) is 16.7. The molecule has 204 valence electrons. The molecule has 0 fully saturated rings. The fourth-order valence-electron chi connectivity index (χ4n) is 4.71. The quantitative estimate of drug-likeness (QED) is 0.210. The van der Waals surface area contributed by atoms with Crippen LogP contribution in [0.5, 0.6) is 5.75 Å². The Labute approximate surface area is 234 Å². The Morgan fingerprint density at radius 1 is 0.975 bits per heavy atom. The van der Waals surface area contributed by atoms with Crippen LogP contribution in [0.2, 0.25) is 0 Å². The maximum Gasteiger partial charge on any atom is 0.337 e. The SMILES string of the molecule is Cc1oc(-c2ccccc2)nc1CCOc1cccc(Cc2cn(-c3ccc(C(C)(C)C)cc3)cc2C(=O)O)c1. The Morgan fingerprint density at radius 3 is 2.42 bits per heavy atom. The van der Waals surface area contributed by atoms with Gasteiger partial charge in [0.2, 0.25) is 5.89 Å². The van der Waals surface area contributed by atoms with Gasteiger partial charge >= 0.3 is 5.97 Å². The molecule has 0 spiro atoms. The molecule has 0 saturated carbocycles. The van der Waals surface area contributed by atoms with Gasteiger partial charge in [0.15, 0.2) is 0 Å². The van der Waals surface area contributed by atoms with Crippen molar-refractivity contribution in [3.05, 3.63) is 125 Å². The van der Waals surface area contributed by atoms with Crippen LogP contribution in [0.15, 0.2) is 95.7 Å². The number of oxazole rings is 1. The monoisotopic (exact) mass is 534 g/mol. The Balaban J connectivity index is 1.26. The lowest BCUT2D eigenvalue weighted by Gasteiger charge is -2.19. The molecular formula is C34H34N2O4. The Kier molecular flexibility index (Phi) is 7.60. The summed E-state index contributed by atoms with van der Waals surface area (Å²) in [5.41, 5.74) is 6.05. The van der Waals surface area contributed by atoms with Crippen molar-refractivity contribution in [2.75, 3.05) is 6.61 Å². The number of carbonyl (C=O) groups is 1. The molecule has 0 unspecified atom stereocenters. The third-order valence-corrected chi connectivity index (χ3v) is 6.98. The fourth-order valence-corrected chi connectivity index (χ4v) is 4.71. The summed E-state index contributed by atoms with van der Waals surface area (Å²) in [5, 5.41) is 9.88. The van der Waals surface area contributed by atoms with Gasteiger partial charge in [0.1, 0.15) is 11.5 Å². The van der Waals surface area contributed by atoms with Crippen LogP contribution in [-0.2, 0) is 18.3 Å². The van der Waals surface area contributed by atoms with Crippen molar-refractivity contribution in [2.24, 2.45) is 0 Å². The molecule has 1 N–H and O–H groups in total. The van der Waals surface area contributed by atoms with Crippen molar-refractivity contribution < 1.29 is 19.1 Å². The molecule has 6 nitrogen and oxygen atoms in total. The van der Waals surface area contributed by atoms with Gasteiger partial charge < -0.3 is 18.8 Å². The summed E-state index contributed by atoms with van der Waals surface area (Å²) in [6.07, 6.45) is 4.69. The van der Waals surface area contributed by atoms with Crippen molar-refractivity contribution in [3.63, 3.8) is 0 Å². The number of ether oxygens (including phenoxy) is 1. The first-order valence-corrected chi connectivity index (χ1v) is 13.5. The molecule has 6 heteroatoms. The van der Waals surface area contributed by atoms with E-state index in [1.165, 1.54) is 5.56 Å². The van der Waals surface area contributed by atoms with Gasteiger partial charge in [-0.1, -0.05) is 63.2 Å². The van der Waals surface area contributed by atoms with Crippen LogP contribution in [0.1, 0.15) is 59.3 Å². The van der Waals surface area contributed by atoms with Crippen LogP contribution in [0, 0.1) is 6.92 Å². The molecule has 0 aliphatic carbocycles. The molecule has 2 aromatic heterocycles. The fraction of sp³-hybridized carbons (Fsp3) is 0.235. The number of aromatic carboxylic acids is 1. The van der Waals surface area contributed by atoms with Gasteiger partial charge in [-0.05, 0) is 71.8 Å². The third-order valence-electron chi connectivity index (χ3n) is 6.98. The Hall–Kier alpha value is -4.58. The lowest BCUT2D eigenvalue weighted by molar-refractivity contribution is 0.0696. The van der Waals surface area contributed by atoms with Crippen LogP contribution >= 0.6 is 0 Å². The highest BCUT2D eigenvalue weighted by Gasteiger charge is 2.17. The number of hydrogen-bond acceptors (Lipinski definition) is 4. The third kappa shape index (κ3) is 6.18. The molecule has 2 heterocycles. The van der Waals surface area contributed by atoms with E-state index >= 15 is 0 Å². The van der Waals surface area contributed by atoms with E-state index < -0.39 is 5.97 Å². The number of benzene rings is 3. The first-order valence-electron chi connectivity index (χ1n) is 13.5. The number of nitrogens with zero attached hydrogens (tertiary/aromatic N) is 2. The van der Waals surface area contributed by atoms with Crippen molar-refractivity contribution in [3.8, 4) is 22.9 Å². The van der Waals surface area contributed by atoms with Gasteiger partial charge in [-0.3, -0.25) is 0 Å². The van der Waals surface area contributed by atoms with Gasteiger partial charge in [-0.2, -0.15) is 0 Å². The molecule has 5 rings (SSSR count). The Morgan fingerprint density at radius 2 is 1.73 bits per heavy atom. The molecule has 0 saturated heterocycles. The Bertz CT molecular complexity index is 1610. The average Bonchev–Trinajstić information content (AvgIpc) is 3.53. The lowest BCUT2D eigenvalue weighted by Crippen LogP contribution is -2.10. The molecule has 0 amide bonds. The standard InChI is InChI=1S/C34H34N2O4/c1-23-31(35-32(40-23)25-10-6-5-7-11-25)17-18-39-29-12-8-9-24(20-29)19-26-21-36(22-30(26)33(37)38)28-15-13-27(14-16-28)34(2,3)4/h5-16,20-22H,17-19H2,1-4H3,(H,37,38). The predicted molar refractivity (Wildman–Crippen MR) is 157 cm³/mol. The molecule has 0 aliphatic heterocycles. The minimum absolute atomic E-state index is 0.0542. The number of hydrogen-bond donors (Lipinski definition) is 1. The molecule has 0 bridgehead atoms. The van der Waals surface area contributed by atoms with Crippen LogP contribution in [-0.4, -0.2) is 27.2 Å². The predicted octanol–water partition coefficient (Wildman–Crippen LogP) is 7.65. The average molecular weight is 535 g/mol. The highest BCUT2D eigenvalue weighted by molar-refractivity contribution is 5.89. The largest absolute Gasteiger partial charge is 0.493 e. The first kappa shape index (κ1) is 27.0. The van der Waals surface area contributed by atoms with Gasteiger partial charge in [0.25, 0.3) is 0 Å². The summed E-state index contributed by atoms with van der Waals surface area (Å²) < 4.78 is 13.8. The minimum atomic E-state index is -0.940. The number of carboxylic acids is 1. The lowest BCUT2D eigenvalue weighted by atomic mass is 9.87. The summed E-state index contributed by atoms with van der Waals surface area (Å²) >= 11 is 0. The minimum Gasteiger partial charge on any atom is -0.493 e. The highest BCUT2D eigenvalue weighted by atomic mass is 16.5. The smallest absolute Gasteiger partial charge is 0.337 e. The van der Waals surface area contributed by atoms with E-state index in [4.69, 9.17) is 9.15 Å². The van der Waals surface area contributed by atoms with Crippen molar-refractivity contribution >= 4 is 5.97 Å². The zero-order chi connectivity index (χ0) is 28.3. The topological polar surface area (TPSA) is 77.5 Å². The van der Waals surface area contributed by atoms with Crippen LogP contribution in [0.3, 0.4) is 0 Å². The highest BCUT2D eigenvalue weighted by Crippen LogP contribution is 2.26. The zero-order valence-electron chi connectivity index (χ0n) is 23.3. The molecule has 0 atom stereocenters. The van der Waals surface area contributed by atoms with Crippen LogP contribution < -0.4 is 4.74 Å². The summed E-state index contributed by atoms with van der Waals surface area (Å²) in [6, 6.07) is 25.9. The van der Waals surface area contributed by atoms with Gasteiger partial charge in [0.05, 0.1) is 17.9 Å². The molecule has 0 radical (unpaired) electrons. The van der Waals surface area contributed by atoms with E-state index in [0.717, 1.165) is 39.6 Å². The van der Waals surface area contributed by atoms with E-state index in [9.17, 15) is 9.90 Å². The maximum atomic E-state index is 12.1. The van der Waals surface area contributed by atoms with E-state index in [-0.39, 0.29) is 5.41 Å². The number of rotatable bonds is 9. The maximum absolute atomic E-state index is 12.1. The van der Waals surface area contributed by atoms with Crippen LogP contribution in [0.4, 0.5) is 0 Å². The molecule has 3 aromatic carbocycles. The number of carboxylic acid groups (broad SMARTS) is 1. The summed E-state index contributed by atoms with van der Waals surface area (Å²) in [5.74, 6) is 1.19. The van der Waals surface area contributed by atoms with Gasteiger partial charge in [0, 0.05) is 30.1 Å². The number of aromatic nitrogens is 2. The molecule has 0 aliphatic rings. The van der Waals surface area contributed by atoms with Crippen LogP contribution in [0.25, 0.3) is 17.1 Å². The zero-order valence-corrected chi connectivity index (χ0v) is 23.3. The second-order valence-corrected chi connectivity index (χ2v) is 11.0. The number of aryl methyl sites for hydroxylation is 1. The molecule has 40 heavy (non-hydrogen) atoms.